The lowest BCUT2D eigenvalue weighted by atomic mass is 10.2. The molecule has 1 aromatic heterocycles. The molecule has 1 heterocycles. The van der Waals surface area contributed by atoms with Gasteiger partial charge in [0, 0.05) is 14.2 Å². The standard InChI is InChI=1S/C12H9BrClNOS2/c13-9-3-4-18-11(9)6-15-12(16)8-5-7(17)1-2-10(8)14/h1-5,17H,6H2,(H,15,16). The molecule has 94 valence electrons. The fourth-order valence-electron chi connectivity index (χ4n) is 1.39. The third-order valence-corrected chi connectivity index (χ3v) is 4.83. The fraction of sp³-hybridized carbons (Fsp3) is 0.0833. The summed E-state index contributed by atoms with van der Waals surface area (Å²) in [6.07, 6.45) is 0. The van der Waals surface area contributed by atoms with E-state index in [0.717, 1.165) is 9.35 Å². The molecular weight excluding hydrogens is 354 g/mol. The Labute approximate surface area is 128 Å². The number of hydrogen-bond acceptors (Lipinski definition) is 3. The Morgan fingerprint density at radius 1 is 1.44 bits per heavy atom. The Hall–Kier alpha value is -0.490. The summed E-state index contributed by atoms with van der Waals surface area (Å²) in [6.45, 7) is 0.476. The van der Waals surface area contributed by atoms with Crippen LogP contribution in [0.5, 0.6) is 0 Å². The maximum atomic E-state index is 12.0. The summed E-state index contributed by atoms with van der Waals surface area (Å²) in [5, 5.41) is 5.22. The molecule has 0 bridgehead atoms. The van der Waals surface area contributed by atoms with Crippen LogP contribution in [0.25, 0.3) is 0 Å². The van der Waals surface area contributed by atoms with E-state index in [1.165, 1.54) is 0 Å². The highest BCUT2D eigenvalue weighted by Crippen LogP contribution is 2.23. The van der Waals surface area contributed by atoms with Crippen molar-refractivity contribution in [3.05, 3.63) is 49.6 Å². The van der Waals surface area contributed by atoms with Crippen molar-refractivity contribution in [2.75, 3.05) is 0 Å². The Bertz CT molecular complexity index is 585. The molecule has 18 heavy (non-hydrogen) atoms. The lowest BCUT2D eigenvalue weighted by Crippen LogP contribution is -2.22. The first-order valence-electron chi connectivity index (χ1n) is 5.06. The van der Waals surface area contributed by atoms with Gasteiger partial charge in [-0.25, -0.2) is 0 Å². The molecule has 0 saturated heterocycles. The van der Waals surface area contributed by atoms with Crippen LogP contribution < -0.4 is 5.32 Å². The van der Waals surface area contributed by atoms with Crippen molar-refractivity contribution >= 4 is 57.4 Å². The molecule has 0 saturated carbocycles. The third kappa shape index (κ3) is 3.29. The highest BCUT2D eigenvalue weighted by atomic mass is 79.9. The van der Waals surface area contributed by atoms with Crippen LogP contribution in [0.3, 0.4) is 0 Å². The van der Waals surface area contributed by atoms with Crippen LogP contribution in [0.1, 0.15) is 15.2 Å². The highest BCUT2D eigenvalue weighted by Gasteiger charge is 2.11. The number of nitrogens with one attached hydrogen (secondary N) is 1. The number of benzene rings is 1. The lowest BCUT2D eigenvalue weighted by molar-refractivity contribution is 0.0951. The third-order valence-electron chi connectivity index (χ3n) is 2.30. The molecule has 1 aromatic carbocycles. The molecule has 0 unspecified atom stereocenters. The SMILES string of the molecule is O=C(NCc1sccc1Br)c1cc(S)ccc1Cl. The van der Waals surface area contributed by atoms with Crippen molar-refractivity contribution in [1.82, 2.24) is 5.32 Å². The predicted molar refractivity (Wildman–Crippen MR) is 81.9 cm³/mol. The second-order valence-corrected chi connectivity index (χ2v) is 6.32. The molecule has 2 aromatic rings. The van der Waals surface area contributed by atoms with E-state index in [0.29, 0.717) is 22.0 Å². The van der Waals surface area contributed by atoms with Crippen LogP contribution >= 0.6 is 51.5 Å². The number of thiophene rings is 1. The Morgan fingerprint density at radius 3 is 2.89 bits per heavy atom. The summed E-state index contributed by atoms with van der Waals surface area (Å²) < 4.78 is 1.00. The van der Waals surface area contributed by atoms with Crippen molar-refractivity contribution in [2.24, 2.45) is 0 Å². The molecule has 1 N–H and O–H groups in total. The number of carbonyl (C=O) groups is 1. The summed E-state index contributed by atoms with van der Waals surface area (Å²) in [6, 6.07) is 7.02. The Morgan fingerprint density at radius 2 is 2.22 bits per heavy atom. The predicted octanol–water partition coefficient (Wildman–Crippen LogP) is 4.38. The van der Waals surface area contributed by atoms with Gasteiger partial charge >= 0.3 is 0 Å². The summed E-state index contributed by atoms with van der Waals surface area (Å²) >= 11 is 15.2. The number of hydrogen-bond donors (Lipinski definition) is 2. The number of carbonyl (C=O) groups excluding carboxylic acids is 1. The van der Waals surface area contributed by atoms with E-state index in [-0.39, 0.29) is 5.91 Å². The van der Waals surface area contributed by atoms with Gasteiger partial charge in [-0.05, 0) is 45.6 Å². The summed E-state index contributed by atoms with van der Waals surface area (Å²) in [5.41, 5.74) is 0.442. The second-order valence-electron chi connectivity index (χ2n) is 3.54. The first kappa shape index (κ1) is 13.9. The number of halogens is 2. The normalized spacial score (nSPS) is 10.4. The quantitative estimate of drug-likeness (QED) is 0.779. The topological polar surface area (TPSA) is 29.1 Å². The van der Waals surface area contributed by atoms with E-state index in [4.69, 9.17) is 11.6 Å². The largest absolute Gasteiger partial charge is 0.347 e. The highest BCUT2D eigenvalue weighted by molar-refractivity contribution is 9.10. The minimum Gasteiger partial charge on any atom is -0.347 e. The van der Waals surface area contributed by atoms with Crippen molar-refractivity contribution in [2.45, 2.75) is 11.4 Å². The maximum absolute atomic E-state index is 12.0. The van der Waals surface area contributed by atoms with Gasteiger partial charge in [0.05, 0.1) is 17.1 Å². The molecule has 0 aliphatic carbocycles. The minimum absolute atomic E-state index is 0.198. The molecule has 2 nitrogen and oxygen atoms in total. The molecule has 0 aliphatic rings. The maximum Gasteiger partial charge on any atom is 0.253 e. The van der Waals surface area contributed by atoms with E-state index in [2.05, 4.69) is 33.9 Å². The summed E-state index contributed by atoms with van der Waals surface area (Å²) in [5.74, 6) is -0.198. The van der Waals surface area contributed by atoms with E-state index in [1.54, 1.807) is 29.5 Å². The van der Waals surface area contributed by atoms with E-state index in [9.17, 15) is 4.79 Å². The Kier molecular flexibility index (Phi) is 4.72. The van der Waals surface area contributed by atoms with Gasteiger partial charge in [-0.15, -0.1) is 24.0 Å². The lowest BCUT2D eigenvalue weighted by Gasteiger charge is -2.06. The molecule has 6 heteroatoms. The molecule has 0 fully saturated rings. The molecule has 0 radical (unpaired) electrons. The van der Waals surface area contributed by atoms with Gasteiger partial charge in [0.1, 0.15) is 0 Å². The van der Waals surface area contributed by atoms with Gasteiger partial charge in [-0.2, -0.15) is 0 Å². The number of thiol groups is 1. The molecular formula is C12H9BrClNOS2. The summed E-state index contributed by atoms with van der Waals surface area (Å²) in [7, 11) is 0. The number of amides is 1. The first-order valence-corrected chi connectivity index (χ1v) is 7.56. The zero-order chi connectivity index (χ0) is 13.1. The smallest absolute Gasteiger partial charge is 0.253 e. The molecule has 1 amide bonds. The van der Waals surface area contributed by atoms with Crippen LogP contribution in [0, 0.1) is 0 Å². The van der Waals surface area contributed by atoms with Crippen LogP contribution in [-0.2, 0) is 6.54 Å². The van der Waals surface area contributed by atoms with Gasteiger partial charge in [0.2, 0.25) is 0 Å². The van der Waals surface area contributed by atoms with E-state index >= 15 is 0 Å². The minimum atomic E-state index is -0.198. The van der Waals surface area contributed by atoms with Crippen molar-refractivity contribution < 1.29 is 4.79 Å². The zero-order valence-corrected chi connectivity index (χ0v) is 13.2. The van der Waals surface area contributed by atoms with Crippen LogP contribution in [0.2, 0.25) is 5.02 Å². The fourth-order valence-corrected chi connectivity index (χ4v) is 3.23. The monoisotopic (exact) mass is 361 g/mol. The molecule has 0 atom stereocenters. The van der Waals surface area contributed by atoms with Crippen molar-refractivity contribution in [3.8, 4) is 0 Å². The van der Waals surface area contributed by atoms with Crippen LogP contribution in [0.4, 0.5) is 0 Å². The first-order chi connectivity index (χ1) is 8.58. The van der Waals surface area contributed by atoms with Gasteiger partial charge in [-0.1, -0.05) is 11.6 Å². The number of rotatable bonds is 3. The summed E-state index contributed by atoms with van der Waals surface area (Å²) in [4.78, 5) is 13.8. The van der Waals surface area contributed by atoms with Gasteiger partial charge < -0.3 is 5.32 Å². The Balaban J connectivity index is 2.08. The van der Waals surface area contributed by atoms with E-state index < -0.39 is 0 Å². The van der Waals surface area contributed by atoms with Gasteiger partial charge in [-0.3, -0.25) is 4.79 Å². The van der Waals surface area contributed by atoms with Gasteiger partial charge in [0.25, 0.3) is 5.91 Å². The van der Waals surface area contributed by atoms with Crippen LogP contribution in [-0.4, -0.2) is 5.91 Å². The van der Waals surface area contributed by atoms with Gasteiger partial charge in [0.15, 0.2) is 0 Å². The average molecular weight is 363 g/mol. The second kappa shape index (κ2) is 6.10. The van der Waals surface area contributed by atoms with Crippen LogP contribution in [0.15, 0.2) is 39.0 Å². The molecule has 0 aliphatic heterocycles. The average Bonchev–Trinajstić information content (AvgIpc) is 2.75. The van der Waals surface area contributed by atoms with E-state index in [1.807, 2.05) is 11.4 Å². The van der Waals surface area contributed by atoms with Crippen molar-refractivity contribution in [1.29, 1.82) is 0 Å². The molecule has 0 spiro atoms. The zero-order valence-electron chi connectivity index (χ0n) is 9.11. The van der Waals surface area contributed by atoms with Crippen molar-refractivity contribution in [3.63, 3.8) is 0 Å². The molecule has 2 rings (SSSR count).